The predicted octanol–water partition coefficient (Wildman–Crippen LogP) is 0.747. The Labute approximate surface area is 95.7 Å². The van der Waals surface area contributed by atoms with Gasteiger partial charge >= 0.3 is 0 Å². The summed E-state index contributed by atoms with van der Waals surface area (Å²) in [5.74, 6) is 0. The van der Waals surface area contributed by atoms with Crippen molar-refractivity contribution in [2.24, 2.45) is 7.05 Å². The van der Waals surface area contributed by atoms with E-state index in [1.54, 1.807) is 13.0 Å². The summed E-state index contributed by atoms with van der Waals surface area (Å²) in [5.41, 5.74) is 0.858. The van der Waals surface area contributed by atoms with E-state index in [0.29, 0.717) is 6.42 Å². The molecule has 88 valence electrons. The van der Waals surface area contributed by atoms with Crippen molar-refractivity contribution < 1.29 is 8.42 Å². The van der Waals surface area contributed by atoms with E-state index in [0.717, 1.165) is 5.69 Å². The molecular weight excluding hydrogens is 226 g/mol. The molecule has 0 fully saturated rings. The second kappa shape index (κ2) is 5.14. The smallest absolute Gasteiger partial charge is 0.228 e. The first-order valence-electron chi connectivity index (χ1n) is 4.99. The molecule has 1 aromatic rings. The average Bonchev–Trinajstić information content (AvgIpc) is 2.62. The Morgan fingerprint density at radius 3 is 2.75 bits per heavy atom. The lowest BCUT2D eigenvalue weighted by Gasteiger charge is -2.10. The van der Waals surface area contributed by atoms with Crippen molar-refractivity contribution in [1.29, 1.82) is 5.26 Å². The molecule has 1 unspecified atom stereocenters. The summed E-state index contributed by atoms with van der Waals surface area (Å²) >= 11 is 0. The van der Waals surface area contributed by atoms with Gasteiger partial charge in [-0.15, -0.1) is 0 Å². The lowest BCUT2D eigenvalue weighted by molar-refractivity contribution is 0.570. The minimum Gasteiger partial charge on any atom is -0.353 e. The van der Waals surface area contributed by atoms with Crippen LogP contribution < -0.4 is 4.72 Å². The number of hydrogen-bond acceptors (Lipinski definition) is 3. The highest BCUT2D eigenvalue weighted by Gasteiger charge is 2.22. The third-order valence-electron chi connectivity index (χ3n) is 2.40. The van der Waals surface area contributed by atoms with Crippen LogP contribution in [0.1, 0.15) is 19.0 Å². The van der Waals surface area contributed by atoms with Crippen molar-refractivity contribution in [3.63, 3.8) is 0 Å². The summed E-state index contributed by atoms with van der Waals surface area (Å²) in [6.45, 7) is 1.89. The molecule has 1 atom stereocenters. The maximum atomic E-state index is 11.7. The number of hydrogen-bond donors (Lipinski definition) is 1. The summed E-state index contributed by atoms with van der Waals surface area (Å²) in [7, 11) is -1.70. The van der Waals surface area contributed by atoms with Crippen LogP contribution in [-0.4, -0.2) is 18.2 Å². The molecule has 0 spiro atoms. The molecule has 0 radical (unpaired) electrons. The third-order valence-corrected chi connectivity index (χ3v) is 4.13. The molecule has 6 heteroatoms. The molecule has 1 aromatic heterocycles. The molecule has 0 amide bonds. The van der Waals surface area contributed by atoms with Gasteiger partial charge in [0.25, 0.3) is 0 Å². The topological polar surface area (TPSA) is 74.9 Å². The van der Waals surface area contributed by atoms with Crippen LogP contribution >= 0.6 is 0 Å². The Morgan fingerprint density at radius 2 is 2.31 bits per heavy atom. The van der Waals surface area contributed by atoms with E-state index in [9.17, 15) is 8.42 Å². The van der Waals surface area contributed by atoms with Gasteiger partial charge in [-0.2, -0.15) is 5.26 Å². The van der Waals surface area contributed by atoms with Gasteiger partial charge in [0.1, 0.15) is 0 Å². The van der Waals surface area contributed by atoms with E-state index >= 15 is 0 Å². The number of aromatic nitrogens is 1. The van der Waals surface area contributed by atoms with E-state index in [4.69, 9.17) is 5.26 Å². The second-order valence-corrected chi connectivity index (χ2v) is 5.45. The number of sulfonamides is 1. The quantitative estimate of drug-likeness (QED) is 0.826. The summed E-state index contributed by atoms with van der Waals surface area (Å²) in [4.78, 5) is 0. The van der Waals surface area contributed by atoms with Crippen LogP contribution in [-0.2, 0) is 23.6 Å². The van der Waals surface area contributed by atoms with Crippen LogP contribution in [0.4, 0.5) is 0 Å². The normalized spacial score (nSPS) is 13.3. The minimum absolute atomic E-state index is 0.212. The van der Waals surface area contributed by atoms with Crippen LogP contribution in [0, 0.1) is 11.3 Å². The molecule has 0 saturated carbocycles. The number of nitriles is 1. The van der Waals surface area contributed by atoms with Gasteiger partial charge < -0.3 is 4.57 Å². The molecule has 1 heterocycles. The SMILES string of the molecule is CCC(C#N)S(=O)(=O)NCc1cccn1C. The number of aryl methyl sites for hydroxylation is 1. The number of rotatable bonds is 5. The van der Waals surface area contributed by atoms with Crippen LogP contribution in [0.3, 0.4) is 0 Å². The zero-order chi connectivity index (χ0) is 12.2. The highest BCUT2D eigenvalue weighted by molar-refractivity contribution is 7.90. The van der Waals surface area contributed by atoms with Crippen molar-refractivity contribution in [3.8, 4) is 6.07 Å². The van der Waals surface area contributed by atoms with Crippen LogP contribution in [0.25, 0.3) is 0 Å². The van der Waals surface area contributed by atoms with Crippen molar-refractivity contribution in [1.82, 2.24) is 9.29 Å². The van der Waals surface area contributed by atoms with Crippen LogP contribution in [0.5, 0.6) is 0 Å². The maximum Gasteiger partial charge on any atom is 0.228 e. The Balaban J connectivity index is 2.69. The second-order valence-electron chi connectivity index (χ2n) is 3.50. The fourth-order valence-electron chi connectivity index (χ4n) is 1.34. The highest BCUT2D eigenvalue weighted by Crippen LogP contribution is 2.05. The summed E-state index contributed by atoms with van der Waals surface area (Å²) in [6.07, 6.45) is 2.13. The molecule has 0 saturated heterocycles. The molecule has 0 aliphatic carbocycles. The third kappa shape index (κ3) is 2.84. The highest BCUT2D eigenvalue weighted by atomic mass is 32.2. The Kier molecular flexibility index (Phi) is 4.10. The Bertz CT molecular complexity index is 484. The molecule has 0 aromatic carbocycles. The van der Waals surface area contributed by atoms with E-state index < -0.39 is 15.3 Å². The molecule has 16 heavy (non-hydrogen) atoms. The summed E-state index contributed by atoms with van der Waals surface area (Å²) in [5, 5.41) is 7.72. The van der Waals surface area contributed by atoms with E-state index in [-0.39, 0.29) is 6.54 Å². The molecular formula is C10H15N3O2S. The molecule has 0 aliphatic heterocycles. The van der Waals surface area contributed by atoms with Gasteiger partial charge in [-0.3, -0.25) is 0 Å². The van der Waals surface area contributed by atoms with Gasteiger partial charge in [-0.1, -0.05) is 6.92 Å². The van der Waals surface area contributed by atoms with E-state index in [1.807, 2.05) is 29.9 Å². The van der Waals surface area contributed by atoms with Gasteiger partial charge in [-0.05, 0) is 18.6 Å². The van der Waals surface area contributed by atoms with Crippen molar-refractivity contribution in [2.45, 2.75) is 25.1 Å². The zero-order valence-electron chi connectivity index (χ0n) is 9.34. The minimum atomic E-state index is -3.54. The zero-order valence-corrected chi connectivity index (χ0v) is 10.2. The summed E-state index contributed by atoms with van der Waals surface area (Å²) in [6, 6.07) is 5.45. The maximum absolute atomic E-state index is 11.7. The first-order chi connectivity index (χ1) is 7.51. The fraction of sp³-hybridized carbons (Fsp3) is 0.500. The van der Waals surface area contributed by atoms with E-state index in [2.05, 4.69) is 4.72 Å². The Hall–Kier alpha value is -1.32. The van der Waals surface area contributed by atoms with Gasteiger partial charge in [0.05, 0.1) is 12.6 Å². The standard InChI is InChI=1S/C10H15N3O2S/c1-3-10(7-11)16(14,15)12-8-9-5-4-6-13(9)2/h4-6,10,12H,3,8H2,1-2H3. The number of nitrogens with one attached hydrogen (secondary N) is 1. The van der Waals surface area contributed by atoms with Crippen molar-refractivity contribution in [3.05, 3.63) is 24.0 Å². The molecule has 1 rings (SSSR count). The first-order valence-corrected chi connectivity index (χ1v) is 6.54. The molecule has 1 N–H and O–H groups in total. The first kappa shape index (κ1) is 12.7. The predicted molar refractivity (Wildman–Crippen MR) is 60.9 cm³/mol. The molecule has 5 nitrogen and oxygen atoms in total. The molecule has 0 bridgehead atoms. The van der Waals surface area contributed by atoms with Gasteiger partial charge in [0, 0.05) is 18.9 Å². The van der Waals surface area contributed by atoms with Crippen LogP contribution in [0.2, 0.25) is 0 Å². The number of nitrogens with zero attached hydrogens (tertiary/aromatic N) is 2. The van der Waals surface area contributed by atoms with Crippen molar-refractivity contribution >= 4 is 10.0 Å². The average molecular weight is 241 g/mol. The molecule has 0 aliphatic rings. The van der Waals surface area contributed by atoms with Gasteiger partial charge in [-0.25, -0.2) is 13.1 Å². The van der Waals surface area contributed by atoms with Gasteiger partial charge in [0.15, 0.2) is 5.25 Å². The lowest BCUT2D eigenvalue weighted by atomic mass is 10.4. The van der Waals surface area contributed by atoms with E-state index in [1.165, 1.54) is 0 Å². The summed E-state index contributed by atoms with van der Waals surface area (Å²) < 4.78 is 27.6. The van der Waals surface area contributed by atoms with Crippen LogP contribution in [0.15, 0.2) is 18.3 Å². The fourth-order valence-corrected chi connectivity index (χ4v) is 2.46. The van der Waals surface area contributed by atoms with Gasteiger partial charge in [0.2, 0.25) is 10.0 Å². The monoisotopic (exact) mass is 241 g/mol. The van der Waals surface area contributed by atoms with Crippen molar-refractivity contribution in [2.75, 3.05) is 0 Å². The largest absolute Gasteiger partial charge is 0.353 e. The lowest BCUT2D eigenvalue weighted by Crippen LogP contribution is -2.33. The Morgan fingerprint density at radius 1 is 1.62 bits per heavy atom.